The lowest BCUT2D eigenvalue weighted by molar-refractivity contribution is -0.527. The number of nitrogens with zero attached hydrogens (tertiary/aromatic N) is 2. The normalized spacial score (nSPS) is 14.6. The minimum absolute atomic E-state index is 0.183. The van der Waals surface area contributed by atoms with Crippen LogP contribution in [0.2, 0.25) is 0 Å². The molecular weight excluding hydrogens is 428 g/mol. The van der Waals surface area contributed by atoms with E-state index in [1.54, 1.807) is 23.3 Å². The van der Waals surface area contributed by atoms with Gasteiger partial charge in [0.15, 0.2) is 19.3 Å². The van der Waals surface area contributed by atoms with E-state index in [0.29, 0.717) is 25.2 Å². The molecule has 0 aliphatic carbocycles. The number of rotatable bonds is 19. The van der Waals surface area contributed by atoms with Crippen molar-refractivity contribution in [2.75, 3.05) is 19.6 Å². The van der Waals surface area contributed by atoms with E-state index in [9.17, 15) is 14.7 Å². The molecule has 1 aliphatic heterocycles. The molecule has 0 radical (unpaired) electrons. The maximum Gasteiger partial charge on any atom is 0.307 e. The fourth-order valence-corrected chi connectivity index (χ4v) is 3.96. The average Bonchev–Trinajstić information content (AvgIpc) is 2.97. The van der Waals surface area contributed by atoms with Crippen LogP contribution < -0.4 is 5.11 Å². The fraction of sp³-hybridized carbons (Fsp3) is 0.750. The highest BCUT2D eigenvalue weighted by Gasteiger charge is 2.20. The zero-order valence-electron chi connectivity index (χ0n) is 21.8. The van der Waals surface area contributed by atoms with E-state index in [2.05, 4.69) is 31.0 Å². The van der Waals surface area contributed by atoms with Gasteiger partial charge in [-0.1, -0.05) is 70.4 Å². The molecule has 0 N–H and O–H groups in total. The Bertz CT molecular complexity index is 718. The van der Waals surface area contributed by atoms with Crippen LogP contribution in [0.4, 0.5) is 0 Å². The molecular formula is C28H46N2O4. The monoisotopic (exact) mass is 474 g/mol. The molecule has 192 valence electrons. The van der Waals surface area contributed by atoms with Gasteiger partial charge >= 0.3 is 5.97 Å². The molecule has 0 aromatic carbocycles. The Morgan fingerprint density at radius 1 is 1.03 bits per heavy atom. The van der Waals surface area contributed by atoms with E-state index in [4.69, 9.17) is 4.74 Å². The van der Waals surface area contributed by atoms with Crippen LogP contribution in [0.3, 0.4) is 0 Å². The number of aliphatic carboxylic acids is 1. The van der Waals surface area contributed by atoms with E-state index in [-0.39, 0.29) is 12.5 Å². The maximum absolute atomic E-state index is 12.2. The van der Waals surface area contributed by atoms with Crippen LogP contribution in [0.25, 0.3) is 0 Å². The Balaban J connectivity index is 2.05. The van der Waals surface area contributed by atoms with Crippen LogP contribution in [0, 0.1) is 12.0 Å². The van der Waals surface area contributed by atoms with Crippen molar-refractivity contribution in [1.29, 1.82) is 0 Å². The van der Waals surface area contributed by atoms with Crippen LogP contribution >= 0.6 is 0 Å². The molecule has 1 rings (SSSR count). The number of carboxylic acids is 1. The lowest BCUT2D eigenvalue weighted by Gasteiger charge is -2.23. The quantitative estimate of drug-likeness (QED) is 0.0911. The number of carbonyl (C=O) groups excluding carboxylic acids is 2. The predicted molar refractivity (Wildman–Crippen MR) is 135 cm³/mol. The summed E-state index contributed by atoms with van der Waals surface area (Å²) in [6.45, 7) is 6.64. The van der Waals surface area contributed by atoms with E-state index in [1.165, 1.54) is 57.8 Å². The number of hydrogen-bond donors (Lipinski definition) is 0. The summed E-state index contributed by atoms with van der Waals surface area (Å²) in [5.41, 5.74) is 0.679. The number of unbranched alkanes of at least 4 members (excludes halogenated alkanes) is 11. The van der Waals surface area contributed by atoms with E-state index in [1.807, 2.05) is 0 Å². The molecule has 1 atom stereocenters. The number of ether oxygens (including phenoxy) is 1. The van der Waals surface area contributed by atoms with E-state index >= 15 is 0 Å². The summed E-state index contributed by atoms with van der Waals surface area (Å²) in [6, 6.07) is 2.97. The number of carbonyl (C=O) groups is 2. The van der Waals surface area contributed by atoms with Crippen molar-refractivity contribution in [2.45, 2.75) is 117 Å². The first-order valence-corrected chi connectivity index (χ1v) is 13.3. The molecule has 0 spiro atoms. The molecule has 0 bridgehead atoms. The molecule has 0 saturated carbocycles. The second-order valence-corrected chi connectivity index (χ2v) is 9.23. The molecule has 0 aromatic rings. The lowest BCUT2D eigenvalue weighted by Crippen LogP contribution is -2.39. The summed E-state index contributed by atoms with van der Waals surface area (Å²) >= 11 is 0. The van der Waals surface area contributed by atoms with E-state index < -0.39 is 12.2 Å². The maximum atomic E-state index is 12.2. The molecule has 6 heteroatoms. The first-order chi connectivity index (χ1) is 16.4. The predicted octanol–water partition coefficient (Wildman–Crippen LogP) is 4.41. The highest BCUT2D eigenvalue weighted by atomic mass is 16.6. The number of hydrogen-bond acceptors (Lipinski definition) is 5. The summed E-state index contributed by atoms with van der Waals surface area (Å²) < 4.78 is 7.20. The Morgan fingerprint density at radius 2 is 1.62 bits per heavy atom. The second kappa shape index (κ2) is 19.1. The van der Waals surface area contributed by atoms with Crippen molar-refractivity contribution in [2.24, 2.45) is 0 Å². The standard InChI is InChI=1S/C28H46N2O4/c1-4-5-6-7-8-9-10-11-12-13-14-15-16-17-18-19-28(33)34-26(3)29-21-20-25(2)30(23-22-29)24-27(31)32/h11-12,26H,4-10,13-19,22-24H2,1-3H3/b12-11-. The topological polar surface area (TPSA) is 72.7 Å². The van der Waals surface area contributed by atoms with Crippen LogP contribution in [0.5, 0.6) is 0 Å². The molecule has 1 aliphatic rings. The Kier molecular flexibility index (Phi) is 16.7. The van der Waals surface area contributed by atoms with Crippen molar-refractivity contribution in [3.05, 3.63) is 12.2 Å². The Hall–Kier alpha value is -2.29. The minimum Gasteiger partial charge on any atom is -0.544 e. The van der Waals surface area contributed by atoms with Crippen LogP contribution in [-0.2, 0) is 14.3 Å². The van der Waals surface area contributed by atoms with Crippen LogP contribution in [0.15, 0.2) is 12.2 Å². The Labute approximate surface area is 207 Å². The average molecular weight is 475 g/mol. The molecule has 1 unspecified atom stereocenters. The molecule has 1 heterocycles. The SMILES string of the molecule is CCCCCCCC/C=C\CCCCCCCC(=O)OC(C)N1C#CC(C)=[N+](CC(=O)[O-])CC1. The van der Waals surface area contributed by atoms with Crippen molar-refractivity contribution in [3.63, 3.8) is 0 Å². The highest BCUT2D eigenvalue weighted by molar-refractivity contribution is 5.94. The van der Waals surface area contributed by atoms with Crippen molar-refractivity contribution >= 4 is 17.7 Å². The molecule has 0 amide bonds. The summed E-state index contributed by atoms with van der Waals surface area (Å²) in [5, 5.41) is 10.9. The molecule has 0 fully saturated rings. The van der Waals surface area contributed by atoms with Gasteiger partial charge in [-0.25, -0.2) is 4.58 Å². The zero-order chi connectivity index (χ0) is 25.0. The first kappa shape index (κ1) is 29.7. The van der Waals surface area contributed by atoms with Crippen LogP contribution in [0.1, 0.15) is 111 Å². The molecule has 0 saturated heterocycles. The van der Waals surface area contributed by atoms with Gasteiger partial charge in [0.25, 0.3) is 0 Å². The van der Waals surface area contributed by atoms with Crippen LogP contribution in [-0.4, -0.2) is 53.0 Å². The number of esters is 1. The van der Waals surface area contributed by atoms with Gasteiger partial charge in [0, 0.05) is 25.3 Å². The fourth-order valence-electron chi connectivity index (χ4n) is 3.96. The number of allylic oxidation sites excluding steroid dienone is 2. The summed E-state index contributed by atoms with van der Waals surface area (Å²) in [4.78, 5) is 24.8. The van der Waals surface area contributed by atoms with Gasteiger partial charge in [0.1, 0.15) is 5.97 Å². The van der Waals surface area contributed by atoms with Gasteiger partial charge in [0.2, 0.25) is 5.71 Å². The van der Waals surface area contributed by atoms with Crippen molar-refractivity contribution in [1.82, 2.24) is 4.90 Å². The van der Waals surface area contributed by atoms with Gasteiger partial charge in [-0.15, -0.1) is 0 Å². The zero-order valence-corrected chi connectivity index (χ0v) is 21.8. The van der Waals surface area contributed by atoms with Gasteiger partial charge in [0.05, 0.1) is 6.54 Å². The largest absolute Gasteiger partial charge is 0.544 e. The summed E-state index contributed by atoms with van der Waals surface area (Å²) in [5.74, 6) is 1.60. The third-order valence-corrected chi connectivity index (χ3v) is 6.17. The minimum atomic E-state index is -1.13. The van der Waals surface area contributed by atoms with Gasteiger partial charge in [-0.3, -0.25) is 9.69 Å². The molecule has 6 nitrogen and oxygen atoms in total. The van der Waals surface area contributed by atoms with Gasteiger partial charge in [-0.2, -0.15) is 0 Å². The third kappa shape index (κ3) is 14.8. The van der Waals surface area contributed by atoms with Gasteiger partial charge in [-0.05, 0) is 39.0 Å². The number of carboxylic acid groups (broad SMARTS) is 1. The van der Waals surface area contributed by atoms with E-state index in [0.717, 1.165) is 25.7 Å². The smallest absolute Gasteiger partial charge is 0.307 e. The van der Waals surface area contributed by atoms with Crippen molar-refractivity contribution in [3.8, 4) is 12.0 Å². The Morgan fingerprint density at radius 3 is 2.24 bits per heavy atom. The molecule has 34 heavy (non-hydrogen) atoms. The van der Waals surface area contributed by atoms with Crippen molar-refractivity contribution < 1.29 is 24.0 Å². The first-order valence-electron chi connectivity index (χ1n) is 13.3. The molecule has 0 aromatic heterocycles. The lowest BCUT2D eigenvalue weighted by atomic mass is 10.1. The highest BCUT2D eigenvalue weighted by Crippen LogP contribution is 2.11. The third-order valence-electron chi connectivity index (χ3n) is 6.17. The van der Waals surface area contributed by atoms with Gasteiger partial charge < -0.3 is 14.6 Å². The summed E-state index contributed by atoms with van der Waals surface area (Å²) in [6.07, 6.45) is 20.6. The summed E-state index contributed by atoms with van der Waals surface area (Å²) in [7, 11) is 0. The second-order valence-electron chi connectivity index (χ2n) is 9.23.